The fourth-order valence-electron chi connectivity index (χ4n) is 3.48. The number of amides is 1. The zero-order valence-corrected chi connectivity index (χ0v) is 14.9. The van der Waals surface area contributed by atoms with Gasteiger partial charge in [-0.3, -0.25) is 9.36 Å². The number of carbonyl (C=O) groups excluding carboxylic acids is 1. The highest BCUT2D eigenvalue weighted by atomic mass is 32.2. The summed E-state index contributed by atoms with van der Waals surface area (Å²) in [5.74, 6) is 0.826. The van der Waals surface area contributed by atoms with Crippen LogP contribution in [0.5, 0.6) is 0 Å². The molecule has 2 heterocycles. The van der Waals surface area contributed by atoms with Gasteiger partial charge in [0, 0.05) is 12.6 Å². The van der Waals surface area contributed by atoms with Crippen LogP contribution in [0.2, 0.25) is 0 Å². The molecule has 7 nitrogen and oxygen atoms in total. The van der Waals surface area contributed by atoms with Crippen LogP contribution >= 0.6 is 11.8 Å². The smallest absolute Gasteiger partial charge is 0.344 e. The van der Waals surface area contributed by atoms with Crippen LogP contribution in [0.25, 0.3) is 0 Å². The van der Waals surface area contributed by atoms with E-state index >= 15 is 0 Å². The van der Waals surface area contributed by atoms with E-state index < -0.39 is 0 Å². The third-order valence-corrected chi connectivity index (χ3v) is 5.90. The summed E-state index contributed by atoms with van der Waals surface area (Å²) >= 11 is 1.30. The van der Waals surface area contributed by atoms with Gasteiger partial charge >= 0.3 is 5.69 Å². The van der Waals surface area contributed by atoms with Gasteiger partial charge in [0.1, 0.15) is 0 Å². The number of rotatable bonds is 6. The lowest BCUT2D eigenvalue weighted by atomic mass is 9.86. The van der Waals surface area contributed by atoms with Crippen molar-refractivity contribution in [3.8, 4) is 0 Å². The summed E-state index contributed by atoms with van der Waals surface area (Å²) in [6, 6.07) is 0.278. The molecule has 24 heavy (non-hydrogen) atoms. The minimum atomic E-state index is -0.241. The van der Waals surface area contributed by atoms with Gasteiger partial charge < -0.3 is 10.1 Å². The maximum Gasteiger partial charge on any atom is 0.344 e. The number of nitrogens with one attached hydrogen (secondary N) is 2. The summed E-state index contributed by atoms with van der Waals surface area (Å²) in [5, 5.41) is 10.2. The Labute approximate surface area is 145 Å². The van der Waals surface area contributed by atoms with Crippen LogP contribution in [0, 0.1) is 5.92 Å². The highest BCUT2D eigenvalue weighted by Gasteiger charge is 2.24. The van der Waals surface area contributed by atoms with Crippen molar-refractivity contribution in [3.63, 3.8) is 0 Å². The van der Waals surface area contributed by atoms with E-state index in [0.717, 1.165) is 25.9 Å². The number of aromatic nitrogens is 3. The van der Waals surface area contributed by atoms with Gasteiger partial charge in [-0.25, -0.2) is 9.89 Å². The van der Waals surface area contributed by atoms with Crippen molar-refractivity contribution in [1.82, 2.24) is 20.1 Å². The average molecular weight is 354 g/mol. The molecule has 1 aromatic heterocycles. The Morgan fingerprint density at radius 2 is 2.21 bits per heavy atom. The van der Waals surface area contributed by atoms with Gasteiger partial charge in [-0.2, -0.15) is 0 Å². The highest BCUT2D eigenvalue weighted by molar-refractivity contribution is 7.99. The average Bonchev–Trinajstić information content (AvgIpc) is 3.19. The number of ether oxygens (including phenoxy) is 1. The fraction of sp³-hybridized carbons (Fsp3) is 0.812. The molecule has 3 rings (SSSR count). The largest absolute Gasteiger partial charge is 0.376 e. The Balaban J connectivity index is 1.52. The predicted molar refractivity (Wildman–Crippen MR) is 92.1 cm³/mol. The van der Waals surface area contributed by atoms with Gasteiger partial charge in [0.05, 0.1) is 18.4 Å². The number of aromatic amines is 1. The quantitative estimate of drug-likeness (QED) is 0.757. The van der Waals surface area contributed by atoms with Gasteiger partial charge in [0.25, 0.3) is 0 Å². The van der Waals surface area contributed by atoms with Crippen molar-refractivity contribution in [2.75, 3.05) is 12.4 Å². The van der Waals surface area contributed by atoms with E-state index in [0.29, 0.717) is 17.6 Å². The molecule has 1 aliphatic carbocycles. The van der Waals surface area contributed by atoms with Crippen LogP contribution in [-0.4, -0.2) is 45.2 Å². The summed E-state index contributed by atoms with van der Waals surface area (Å²) in [5.41, 5.74) is -0.241. The number of nitrogens with zero attached hydrogens (tertiary/aromatic N) is 2. The number of thioether (sulfide) groups is 1. The van der Waals surface area contributed by atoms with Crippen LogP contribution in [0.15, 0.2) is 9.95 Å². The minimum Gasteiger partial charge on any atom is -0.376 e. The Kier molecular flexibility index (Phi) is 5.99. The molecule has 2 aliphatic rings. The molecule has 0 radical (unpaired) electrons. The molecular weight excluding hydrogens is 328 g/mol. The first-order valence-electron chi connectivity index (χ1n) is 8.82. The maximum atomic E-state index is 12.2. The number of hydrogen-bond donors (Lipinski definition) is 2. The molecule has 8 heteroatoms. The first kappa shape index (κ1) is 17.5. The van der Waals surface area contributed by atoms with Crippen LogP contribution in [0.4, 0.5) is 0 Å². The lowest BCUT2D eigenvalue weighted by molar-refractivity contribution is -0.119. The molecule has 0 spiro atoms. The minimum absolute atomic E-state index is 0.0119. The molecule has 2 N–H and O–H groups in total. The predicted octanol–water partition coefficient (Wildman–Crippen LogP) is 1.54. The van der Waals surface area contributed by atoms with E-state index in [1.54, 1.807) is 4.57 Å². The van der Waals surface area contributed by atoms with Crippen molar-refractivity contribution in [2.45, 2.75) is 69.3 Å². The summed E-state index contributed by atoms with van der Waals surface area (Å²) < 4.78 is 7.16. The Morgan fingerprint density at radius 1 is 1.38 bits per heavy atom. The standard InChI is InChI=1S/C16H26N4O3S/c1-11-5-2-3-7-13(11)17-14(21)10-24-16-19-18-15(22)20(16)9-12-6-4-8-23-12/h11-13H,2-10H2,1H3,(H,17,21)(H,18,22)/t11-,12-,13-/m0/s1. The Morgan fingerprint density at radius 3 is 2.96 bits per heavy atom. The second-order valence-corrected chi connectivity index (χ2v) is 7.72. The molecule has 1 saturated heterocycles. The molecule has 134 valence electrons. The molecule has 1 amide bonds. The van der Waals surface area contributed by atoms with Crippen molar-refractivity contribution in [1.29, 1.82) is 0 Å². The zero-order valence-electron chi connectivity index (χ0n) is 14.1. The van der Waals surface area contributed by atoms with E-state index in [1.165, 1.54) is 31.0 Å². The van der Waals surface area contributed by atoms with Gasteiger partial charge in [-0.1, -0.05) is 31.5 Å². The Hall–Kier alpha value is -1.28. The number of hydrogen-bond acceptors (Lipinski definition) is 5. The second-order valence-electron chi connectivity index (χ2n) is 6.78. The fourth-order valence-corrected chi connectivity index (χ4v) is 4.24. The zero-order chi connectivity index (χ0) is 16.9. The van der Waals surface area contributed by atoms with Gasteiger partial charge in [0.15, 0.2) is 5.16 Å². The summed E-state index contributed by atoms with van der Waals surface area (Å²) in [6.45, 7) is 3.45. The second kappa shape index (κ2) is 8.20. The van der Waals surface area contributed by atoms with Crippen molar-refractivity contribution >= 4 is 17.7 Å². The topological polar surface area (TPSA) is 89.0 Å². The van der Waals surface area contributed by atoms with E-state index in [9.17, 15) is 9.59 Å². The molecule has 3 atom stereocenters. The van der Waals surface area contributed by atoms with Crippen LogP contribution < -0.4 is 11.0 Å². The molecule has 1 aliphatic heterocycles. The van der Waals surface area contributed by atoms with Crippen LogP contribution in [-0.2, 0) is 16.1 Å². The lowest BCUT2D eigenvalue weighted by Gasteiger charge is -2.29. The van der Waals surface area contributed by atoms with Crippen LogP contribution in [0.1, 0.15) is 45.4 Å². The molecule has 1 saturated carbocycles. The van der Waals surface area contributed by atoms with Crippen molar-refractivity contribution in [3.05, 3.63) is 10.5 Å². The monoisotopic (exact) mass is 354 g/mol. The number of carbonyl (C=O) groups is 1. The van der Waals surface area contributed by atoms with Crippen LogP contribution in [0.3, 0.4) is 0 Å². The summed E-state index contributed by atoms with van der Waals surface area (Å²) in [4.78, 5) is 24.1. The van der Waals surface area contributed by atoms with Gasteiger partial charge in [-0.05, 0) is 31.6 Å². The van der Waals surface area contributed by atoms with Gasteiger partial charge in [0.2, 0.25) is 5.91 Å². The van der Waals surface area contributed by atoms with Crippen molar-refractivity contribution < 1.29 is 9.53 Å². The highest BCUT2D eigenvalue weighted by Crippen LogP contribution is 2.24. The molecule has 0 unspecified atom stereocenters. The van der Waals surface area contributed by atoms with Gasteiger partial charge in [-0.15, -0.1) is 5.10 Å². The molecule has 1 aromatic rings. The van der Waals surface area contributed by atoms with E-state index in [4.69, 9.17) is 4.74 Å². The molecule has 0 aromatic carbocycles. The third-order valence-electron chi connectivity index (χ3n) is 4.92. The lowest BCUT2D eigenvalue weighted by Crippen LogP contribution is -2.41. The maximum absolute atomic E-state index is 12.2. The van der Waals surface area contributed by atoms with E-state index in [1.807, 2.05) is 0 Å². The first-order chi connectivity index (χ1) is 11.6. The normalized spacial score (nSPS) is 27.3. The third kappa shape index (κ3) is 4.42. The SMILES string of the molecule is C[C@H]1CCCC[C@@H]1NC(=O)CSc1n[nH]c(=O)n1C[C@@H]1CCCO1. The van der Waals surface area contributed by atoms with E-state index in [-0.39, 0.29) is 29.5 Å². The summed E-state index contributed by atoms with van der Waals surface area (Å²) in [6.07, 6.45) is 6.73. The number of H-pyrrole nitrogens is 1. The van der Waals surface area contributed by atoms with Crippen molar-refractivity contribution in [2.24, 2.45) is 5.92 Å². The molecule has 2 fully saturated rings. The molecule has 0 bridgehead atoms. The molecular formula is C16H26N4O3S. The summed E-state index contributed by atoms with van der Waals surface area (Å²) in [7, 11) is 0. The Bertz CT molecular complexity index is 609. The van der Waals surface area contributed by atoms with E-state index in [2.05, 4.69) is 22.4 Å². The first-order valence-corrected chi connectivity index (χ1v) is 9.81.